The van der Waals surface area contributed by atoms with Crippen LogP contribution in [0, 0.1) is 11.3 Å². The zero-order valence-corrected chi connectivity index (χ0v) is 19.8. The maximum absolute atomic E-state index is 13.5. The first kappa shape index (κ1) is 26.7. The fourth-order valence-electron chi connectivity index (χ4n) is 3.88. The third-order valence-corrected chi connectivity index (χ3v) is 6.21. The molecule has 0 aromatic rings. The Morgan fingerprint density at radius 1 is 1.15 bits per heavy atom. The first-order chi connectivity index (χ1) is 15.4. The number of aliphatic hydroxyl groups is 3. The highest BCUT2D eigenvalue weighted by atomic mass is 16.5. The van der Waals surface area contributed by atoms with E-state index in [9.17, 15) is 29.7 Å². The van der Waals surface area contributed by atoms with Gasteiger partial charge in [0.15, 0.2) is 5.78 Å². The second-order valence-corrected chi connectivity index (χ2v) is 9.14. The molecule has 0 saturated carbocycles. The molecular weight excluding hydrogens is 426 g/mol. The van der Waals surface area contributed by atoms with Gasteiger partial charge in [-0.15, -0.1) is 0 Å². The summed E-state index contributed by atoms with van der Waals surface area (Å²) in [6.45, 7) is 7.89. The number of nitrogens with one attached hydrogen (secondary N) is 1. The molecule has 182 valence electrons. The van der Waals surface area contributed by atoms with Crippen LogP contribution in [0.25, 0.3) is 0 Å². The van der Waals surface area contributed by atoms with Crippen molar-refractivity contribution in [1.82, 2.24) is 5.32 Å². The van der Waals surface area contributed by atoms with Gasteiger partial charge in [-0.25, -0.2) is 0 Å². The standard InChI is InChI=1S/C25H35NO7/c1-14-6-9-18(28)10-8-15(2)12-21(26-23(31)17(4)27)25(5)22(30)16(3)20(33-24(25)32)13-19(29)11-7-14/h6-8,10-12,16-21,27-29H,9,13H2,1-5H3,(H,26,31)/b10-8-,11-7-,14-6-,15-12-/t16-,17-,18+,19-,20-,21?,25+/m1/s1. The molecule has 1 unspecified atom stereocenters. The van der Waals surface area contributed by atoms with Gasteiger partial charge in [0.05, 0.1) is 24.2 Å². The van der Waals surface area contributed by atoms with Crippen LogP contribution in [0.1, 0.15) is 47.5 Å². The van der Waals surface area contributed by atoms with E-state index in [1.807, 2.05) is 13.0 Å². The molecule has 1 aliphatic carbocycles. The molecule has 8 heteroatoms. The van der Waals surface area contributed by atoms with Crippen LogP contribution in [0.15, 0.2) is 47.6 Å². The van der Waals surface area contributed by atoms with E-state index in [-0.39, 0.29) is 6.42 Å². The molecule has 0 spiro atoms. The number of aliphatic hydroxyl groups excluding tert-OH is 3. The molecule has 7 atom stereocenters. The summed E-state index contributed by atoms with van der Waals surface area (Å²) in [5.41, 5.74) is -0.292. The Labute approximate surface area is 194 Å². The molecule has 0 radical (unpaired) electrons. The molecule has 2 heterocycles. The first-order valence-electron chi connectivity index (χ1n) is 11.2. The molecule has 8 nitrogen and oxygen atoms in total. The van der Waals surface area contributed by atoms with E-state index in [0.717, 1.165) is 5.57 Å². The first-order valence-corrected chi connectivity index (χ1v) is 11.2. The number of hydrogen-bond donors (Lipinski definition) is 4. The van der Waals surface area contributed by atoms with Crippen LogP contribution < -0.4 is 5.32 Å². The predicted molar refractivity (Wildman–Crippen MR) is 123 cm³/mol. The lowest BCUT2D eigenvalue weighted by Crippen LogP contribution is -2.61. The fourth-order valence-corrected chi connectivity index (χ4v) is 3.88. The van der Waals surface area contributed by atoms with Crippen LogP contribution in [0.2, 0.25) is 0 Å². The number of carbonyl (C=O) groups excluding carboxylic acids is 3. The summed E-state index contributed by atoms with van der Waals surface area (Å²) in [5, 5.41) is 32.9. The summed E-state index contributed by atoms with van der Waals surface area (Å²) in [5.74, 6) is -2.70. The summed E-state index contributed by atoms with van der Waals surface area (Å²) >= 11 is 0. The average molecular weight is 462 g/mol. The number of fused-ring (bicyclic) bond motifs is 10. The van der Waals surface area contributed by atoms with Crippen molar-refractivity contribution in [1.29, 1.82) is 0 Å². The van der Waals surface area contributed by atoms with Gasteiger partial charge in [0.1, 0.15) is 17.6 Å². The van der Waals surface area contributed by atoms with Gasteiger partial charge in [-0.05, 0) is 34.1 Å². The number of Topliss-reactive ketones (excluding diaryl/α,β-unsaturated/α-hetero) is 1. The maximum atomic E-state index is 13.5. The van der Waals surface area contributed by atoms with Gasteiger partial charge in [-0.1, -0.05) is 54.5 Å². The van der Waals surface area contributed by atoms with Gasteiger partial charge in [-0.2, -0.15) is 0 Å². The molecular formula is C25H35NO7. The minimum atomic E-state index is -1.74. The van der Waals surface area contributed by atoms with E-state index in [0.29, 0.717) is 12.0 Å². The van der Waals surface area contributed by atoms with Crippen molar-refractivity contribution in [3.8, 4) is 0 Å². The Morgan fingerprint density at radius 2 is 1.76 bits per heavy atom. The fraction of sp³-hybridized carbons (Fsp3) is 0.560. The van der Waals surface area contributed by atoms with Crippen molar-refractivity contribution in [3.63, 3.8) is 0 Å². The molecule has 4 N–H and O–H groups in total. The zero-order chi connectivity index (χ0) is 24.9. The Balaban J connectivity index is 2.56. The number of ether oxygens (including phenoxy) is 1. The average Bonchev–Trinajstić information content (AvgIpc) is 2.75. The Hall–Kier alpha value is -2.55. The van der Waals surface area contributed by atoms with Crippen molar-refractivity contribution in [2.75, 3.05) is 0 Å². The molecule has 2 aliphatic heterocycles. The smallest absolute Gasteiger partial charge is 0.322 e. The highest BCUT2D eigenvalue weighted by Crippen LogP contribution is 2.38. The lowest BCUT2D eigenvalue weighted by atomic mass is 9.69. The summed E-state index contributed by atoms with van der Waals surface area (Å²) in [6.07, 6.45) is 6.38. The zero-order valence-electron chi connectivity index (χ0n) is 19.8. The Bertz CT molecular complexity index is 885. The van der Waals surface area contributed by atoms with Gasteiger partial charge in [0.2, 0.25) is 5.91 Å². The molecule has 1 fully saturated rings. The monoisotopic (exact) mass is 461 g/mol. The summed E-state index contributed by atoms with van der Waals surface area (Å²) < 4.78 is 5.61. The predicted octanol–water partition coefficient (Wildman–Crippen LogP) is 1.51. The lowest BCUT2D eigenvalue weighted by Gasteiger charge is -2.42. The molecule has 0 aromatic heterocycles. The van der Waals surface area contributed by atoms with Gasteiger partial charge < -0.3 is 25.4 Å². The lowest BCUT2D eigenvalue weighted by molar-refractivity contribution is -0.181. The van der Waals surface area contributed by atoms with Crippen LogP contribution in [-0.4, -0.2) is 63.4 Å². The maximum Gasteiger partial charge on any atom is 0.322 e. The van der Waals surface area contributed by atoms with E-state index in [1.165, 1.54) is 13.8 Å². The molecule has 33 heavy (non-hydrogen) atoms. The molecule has 3 rings (SSSR count). The molecule has 1 saturated heterocycles. The van der Waals surface area contributed by atoms with Crippen LogP contribution >= 0.6 is 0 Å². The highest BCUT2D eigenvalue weighted by Gasteiger charge is 2.56. The van der Waals surface area contributed by atoms with Crippen molar-refractivity contribution in [2.45, 2.75) is 77.9 Å². The van der Waals surface area contributed by atoms with Crippen molar-refractivity contribution >= 4 is 17.7 Å². The topological polar surface area (TPSA) is 133 Å². The van der Waals surface area contributed by atoms with Crippen molar-refractivity contribution in [2.24, 2.45) is 11.3 Å². The Morgan fingerprint density at radius 3 is 2.39 bits per heavy atom. The summed E-state index contributed by atoms with van der Waals surface area (Å²) in [6, 6.07) is -1.09. The largest absolute Gasteiger partial charge is 0.461 e. The van der Waals surface area contributed by atoms with E-state index < -0.39 is 59.5 Å². The number of carbonyl (C=O) groups is 3. The van der Waals surface area contributed by atoms with E-state index in [2.05, 4.69) is 5.32 Å². The molecule has 1 amide bonds. The van der Waals surface area contributed by atoms with Crippen LogP contribution in [0.5, 0.6) is 0 Å². The highest BCUT2D eigenvalue weighted by molar-refractivity contribution is 6.08. The number of amides is 1. The third kappa shape index (κ3) is 6.50. The van der Waals surface area contributed by atoms with E-state index in [4.69, 9.17) is 4.74 Å². The Kier molecular flexibility index (Phi) is 8.94. The second kappa shape index (κ2) is 11.0. The number of allylic oxidation sites excluding steroid dienone is 4. The summed E-state index contributed by atoms with van der Waals surface area (Å²) in [7, 11) is 0. The van der Waals surface area contributed by atoms with Gasteiger partial charge in [0, 0.05) is 6.42 Å². The molecule has 2 bridgehead atoms. The quantitative estimate of drug-likeness (QED) is 0.362. The van der Waals surface area contributed by atoms with Crippen LogP contribution in [0.3, 0.4) is 0 Å². The number of rotatable bonds is 2. The minimum Gasteiger partial charge on any atom is -0.461 e. The number of hydrogen-bond acceptors (Lipinski definition) is 7. The second-order valence-electron chi connectivity index (χ2n) is 9.14. The van der Waals surface area contributed by atoms with Gasteiger partial charge in [0.25, 0.3) is 0 Å². The van der Waals surface area contributed by atoms with Gasteiger partial charge >= 0.3 is 5.97 Å². The van der Waals surface area contributed by atoms with Crippen LogP contribution in [0.4, 0.5) is 0 Å². The van der Waals surface area contributed by atoms with E-state index in [1.54, 1.807) is 44.2 Å². The normalized spacial score (nSPS) is 39.8. The SMILES string of the molecule is CC1=C/C[C@H](O)/C=C\C(C)=C/C(NC(=O)[C@@H](C)O)[C@]2(C)C(=O)O[C@H](C[C@H](O)/C=C\1)[C@@H](C)C2=O. The number of esters is 1. The summed E-state index contributed by atoms with van der Waals surface area (Å²) in [4.78, 5) is 38.9. The van der Waals surface area contributed by atoms with Gasteiger partial charge in [-0.3, -0.25) is 14.4 Å². The van der Waals surface area contributed by atoms with Crippen molar-refractivity contribution in [3.05, 3.63) is 47.6 Å². The minimum absolute atomic E-state index is 0.0439. The van der Waals surface area contributed by atoms with Crippen molar-refractivity contribution < 1.29 is 34.4 Å². The number of ketones is 1. The van der Waals surface area contributed by atoms with E-state index >= 15 is 0 Å². The molecule has 3 aliphatic rings. The molecule has 0 aromatic carbocycles. The van der Waals surface area contributed by atoms with Crippen LogP contribution in [-0.2, 0) is 19.1 Å². The third-order valence-electron chi connectivity index (χ3n) is 6.21.